The third kappa shape index (κ3) is 13.3. The minimum atomic E-state index is -0.631. The lowest BCUT2D eigenvalue weighted by molar-refractivity contribution is -0.384. The van der Waals surface area contributed by atoms with E-state index in [-0.39, 0.29) is 16.6 Å². The van der Waals surface area contributed by atoms with Crippen molar-refractivity contribution in [3.8, 4) is 0 Å². The lowest BCUT2D eigenvalue weighted by Crippen LogP contribution is -2.35. The number of carbonyl (C=O) groups excluding carboxylic acids is 1. The fourth-order valence-electron chi connectivity index (χ4n) is 7.07. The van der Waals surface area contributed by atoms with Gasteiger partial charge in [-0.2, -0.15) is 9.97 Å². The molecule has 0 amide bonds. The summed E-state index contributed by atoms with van der Waals surface area (Å²) in [6.45, 7) is 16.8. The number of aromatic nitrogens is 2. The van der Waals surface area contributed by atoms with E-state index in [1.807, 2.05) is 6.07 Å². The largest absolute Gasteiger partial charge is 0.462 e. The summed E-state index contributed by atoms with van der Waals surface area (Å²) in [7, 11) is 0. The molecule has 3 rings (SSSR count). The summed E-state index contributed by atoms with van der Waals surface area (Å²) in [6.07, 6.45) is 18.9. The minimum Gasteiger partial charge on any atom is -0.462 e. The van der Waals surface area contributed by atoms with Gasteiger partial charge in [-0.25, -0.2) is 4.79 Å². The third-order valence-corrected chi connectivity index (χ3v) is 10.2. The first-order chi connectivity index (χ1) is 25.8. The molecular formula is C43H70N6O4. The fraction of sp³-hybridized carbons (Fsp3) is 0.698. The van der Waals surface area contributed by atoms with Gasteiger partial charge in [-0.1, -0.05) is 131 Å². The number of hydrogen-bond acceptors (Lipinski definition) is 9. The van der Waals surface area contributed by atoms with E-state index in [0.717, 1.165) is 120 Å². The molecule has 10 heteroatoms. The van der Waals surface area contributed by atoms with E-state index in [0.29, 0.717) is 35.9 Å². The SMILES string of the molecule is CCCCCCCCCCOC(=O)C1=C(CCC)Nc2nc(N(CCCC)CCCC)nc(N(CCCC)CCCC)c2C1c1cccc([N+](=O)[O-])c1. The van der Waals surface area contributed by atoms with Crippen molar-refractivity contribution >= 4 is 29.2 Å². The van der Waals surface area contributed by atoms with E-state index in [2.05, 4.69) is 56.7 Å². The van der Waals surface area contributed by atoms with Gasteiger partial charge >= 0.3 is 5.97 Å². The summed E-state index contributed by atoms with van der Waals surface area (Å²) in [5, 5.41) is 15.8. The van der Waals surface area contributed by atoms with E-state index in [4.69, 9.17) is 14.7 Å². The zero-order valence-electron chi connectivity index (χ0n) is 34.0. The molecule has 0 radical (unpaired) electrons. The third-order valence-electron chi connectivity index (χ3n) is 10.2. The summed E-state index contributed by atoms with van der Waals surface area (Å²) < 4.78 is 6.10. The Kier molecular flexibility index (Phi) is 20.3. The lowest BCUT2D eigenvalue weighted by atomic mass is 9.80. The van der Waals surface area contributed by atoms with Gasteiger partial charge in [0.2, 0.25) is 5.95 Å². The molecule has 1 atom stereocenters. The van der Waals surface area contributed by atoms with Gasteiger partial charge in [0.25, 0.3) is 5.69 Å². The zero-order chi connectivity index (χ0) is 38.4. The van der Waals surface area contributed by atoms with Crippen LogP contribution in [0.1, 0.15) is 174 Å². The molecule has 0 saturated carbocycles. The number of ether oxygens (including phenoxy) is 1. The second kappa shape index (κ2) is 24.6. The Labute approximate surface area is 320 Å². The molecule has 1 aromatic carbocycles. The van der Waals surface area contributed by atoms with Crippen LogP contribution in [0.15, 0.2) is 35.5 Å². The smallest absolute Gasteiger partial charge is 0.336 e. The average molecular weight is 735 g/mol. The highest BCUT2D eigenvalue weighted by Gasteiger charge is 2.39. The van der Waals surface area contributed by atoms with Gasteiger partial charge in [-0.3, -0.25) is 10.1 Å². The predicted octanol–water partition coefficient (Wildman–Crippen LogP) is 11.5. The summed E-state index contributed by atoms with van der Waals surface area (Å²) in [5.41, 5.74) is 2.75. The quantitative estimate of drug-likeness (QED) is 0.0395. The Morgan fingerprint density at radius 2 is 1.32 bits per heavy atom. The van der Waals surface area contributed by atoms with Gasteiger partial charge in [0, 0.05) is 49.6 Å². The van der Waals surface area contributed by atoms with E-state index >= 15 is 0 Å². The molecule has 296 valence electrons. The maximum Gasteiger partial charge on any atom is 0.336 e. The van der Waals surface area contributed by atoms with Crippen LogP contribution >= 0.6 is 0 Å². The molecule has 1 aliphatic rings. The van der Waals surface area contributed by atoms with E-state index < -0.39 is 5.92 Å². The van der Waals surface area contributed by atoms with E-state index in [1.165, 1.54) is 38.2 Å². The number of allylic oxidation sites excluding steroid dienone is 1. The highest BCUT2D eigenvalue weighted by molar-refractivity contribution is 5.95. The molecule has 2 heterocycles. The van der Waals surface area contributed by atoms with E-state index in [1.54, 1.807) is 12.1 Å². The number of nitro benzene ring substituents is 1. The maximum absolute atomic E-state index is 14.4. The monoisotopic (exact) mass is 735 g/mol. The van der Waals surface area contributed by atoms with Crippen LogP contribution in [-0.2, 0) is 9.53 Å². The second-order valence-corrected chi connectivity index (χ2v) is 14.7. The van der Waals surface area contributed by atoms with E-state index in [9.17, 15) is 14.9 Å². The summed E-state index contributed by atoms with van der Waals surface area (Å²) in [5.74, 6) is 1.18. The van der Waals surface area contributed by atoms with Gasteiger partial charge in [-0.15, -0.1) is 0 Å². The Balaban J connectivity index is 2.21. The number of nitrogens with one attached hydrogen (secondary N) is 1. The van der Waals surface area contributed by atoms with Gasteiger partial charge in [0.05, 0.1) is 23.0 Å². The molecule has 53 heavy (non-hydrogen) atoms. The molecule has 1 aliphatic heterocycles. The number of anilines is 3. The summed E-state index contributed by atoms with van der Waals surface area (Å²) in [6, 6.07) is 6.74. The molecule has 2 aromatic rings. The highest BCUT2D eigenvalue weighted by atomic mass is 16.6. The fourth-order valence-corrected chi connectivity index (χ4v) is 7.07. The van der Waals surface area contributed by atoms with Crippen LogP contribution < -0.4 is 15.1 Å². The number of non-ortho nitro benzene ring substituents is 1. The van der Waals surface area contributed by atoms with Crippen molar-refractivity contribution in [2.24, 2.45) is 0 Å². The Morgan fingerprint density at radius 3 is 1.89 bits per heavy atom. The van der Waals surface area contributed by atoms with Crippen LogP contribution in [-0.4, -0.2) is 53.6 Å². The highest BCUT2D eigenvalue weighted by Crippen LogP contribution is 2.47. The molecule has 1 unspecified atom stereocenters. The van der Waals surface area contributed by atoms with Crippen molar-refractivity contribution in [1.29, 1.82) is 0 Å². The van der Waals surface area contributed by atoms with Crippen LogP contribution in [0, 0.1) is 10.1 Å². The average Bonchev–Trinajstić information content (AvgIpc) is 3.16. The van der Waals surface area contributed by atoms with Crippen molar-refractivity contribution in [2.45, 2.75) is 163 Å². The molecule has 1 N–H and O–H groups in total. The standard InChI is InChI=1S/C43H70N6O4/c1-7-13-18-19-20-21-22-23-32-53-42(50)38-36(25-12-6)44-40-39(37(38)34-26-24-27-35(33-34)49(51)52)41(47(28-14-8-2)29-15-9-3)46-43(45-40)48(30-16-10-4)31-17-11-5/h24,26-27,33,37H,7-23,25,28-32H2,1-6H3,(H,44,45,46). The molecule has 1 aromatic heterocycles. The first-order valence-electron chi connectivity index (χ1n) is 21.2. The van der Waals surface area contributed by atoms with Crippen molar-refractivity contribution in [3.63, 3.8) is 0 Å². The summed E-state index contributed by atoms with van der Waals surface area (Å²) >= 11 is 0. The number of carbonyl (C=O) groups is 1. The van der Waals surface area contributed by atoms with Crippen LogP contribution in [0.4, 0.5) is 23.3 Å². The number of hydrogen-bond donors (Lipinski definition) is 1. The number of fused-ring (bicyclic) bond motifs is 1. The Bertz CT molecular complexity index is 1410. The molecule has 0 fully saturated rings. The maximum atomic E-state index is 14.4. The minimum absolute atomic E-state index is 0.00973. The van der Waals surface area contributed by atoms with Gasteiger partial charge in [0.1, 0.15) is 11.6 Å². The van der Waals surface area contributed by atoms with Crippen molar-refractivity contribution in [1.82, 2.24) is 9.97 Å². The topological polar surface area (TPSA) is 114 Å². The molecule has 0 saturated heterocycles. The first-order valence-corrected chi connectivity index (χ1v) is 21.2. The molecule has 0 spiro atoms. The van der Waals surface area contributed by atoms with Crippen molar-refractivity contribution in [3.05, 3.63) is 56.8 Å². The van der Waals surface area contributed by atoms with Gasteiger partial charge in [-0.05, 0) is 44.1 Å². The summed E-state index contributed by atoms with van der Waals surface area (Å²) in [4.78, 5) is 41.5. The number of benzene rings is 1. The molecule has 0 bridgehead atoms. The second-order valence-electron chi connectivity index (χ2n) is 14.7. The van der Waals surface area contributed by atoms with Gasteiger partial charge in [0.15, 0.2) is 0 Å². The number of nitrogens with zero attached hydrogens (tertiary/aromatic N) is 5. The first kappa shape index (κ1) is 43.7. The van der Waals surface area contributed by atoms with Crippen LogP contribution in [0.3, 0.4) is 0 Å². The predicted molar refractivity (Wildman–Crippen MR) is 220 cm³/mol. The Morgan fingerprint density at radius 1 is 0.755 bits per heavy atom. The van der Waals surface area contributed by atoms with Crippen LogP contribution in [0.25, 0.3) is 0 Å². The zero-order valence-corrected chi connectivity index (χ0v) is 34.0. The van der Waals surface area contributed by atoms with Crippen molar-refractivity contribution in [2.75, 3.05) is 47.9 Å². The number of unbranched alkanes of at least 4 members (excludes halogenated alkanes) is 11. The normalized spacial score (nSPS) is 13.8. The molecular weight excluding hydrogens is 665 g/mol. The molecule has 0 aliphatic carbocycles. The van der Waals surface area contributed by atoms with Crippen LogP contribution in [0.2, 0.25) is 0 Å². The molecule has 10 nitrogen and oxygen atoms in total. The number of rotatable bonds is 28. The van der Waals surface area contributed by atoms with Crippen LogP contribution in [0.5, 0.6) is 0 Å². The lowest BCUT2D eigenvalue weighted by Gasteiger charge is -2.36. The Hall–Kier alpha value is -3.69. The van der Waals surface area contributed by atoms with Gasteiger partial charge < -0.3 is 19.9 Å². The number of nitro groups is 1. The van der Waals surface area contributed by atoms with Crippen molar-refractivity contribution < 1.29 is 14.5 Å². The number of esters is 1.